The molecule has 0 amide bonds. The average Bonchev–Trinajstić information content (AvgIpc) is 1.61. The second kappa shape index (κ2) is 41.1. The maximum atomic E-state index is 11.6. The van der Waals surface area contributed by atoms with Crippen LogP contribution in [-0.2, 0) is 0 Å². The van der Waals surface area contributed by atoms with Crippen molar-refractivity contribution in [1.82, 2.24) is 99.9 Å². The van der Waals surface area contributed by atoms with Gasteiger partial charge in [0.1, 0.15) is 42.8 Å². The monoisotopic (exact) mass is 2000 g/mol. The molecule has 10 heterocycles. The summed E-state index contributed by atoms with van der Waals surface area (Å²) in [4.78, 5) is 57.7. The molecule has 20 rings (SSSR count). The summed E-state index contributed by atoms with van der Waals surface area (Å²) in [5.74, 6) is -4.44. The van der Waals surface area contributed by atoms with Gasteiger partial charge < -0.3 is 38.8 Å². The summed E-state index contributed by atoms with van der Waals surface area (Å²) in [5.41, 5.74) is 18.1. The smallest absolute Gasteiger partial charge is 0.358 e. The van der Waals surface area contributed by atoms with Crippen molar-refractivity contribution < 1.29 is 62.8 Å². The molecule has 0 atom stereocenters. The molecule has 138 heavy (non-hydrogen) atoms. The highest BCUT2D eigenvalue weighted by atomic mass is 79.9. The molecular formula is C99H74BrCl3N20O13S2. The molecular weight excluding hydrogens is 1930 g/mol. The topological polar surface area (TPSA) is 444 Å². The van der Waals surface area contributed by atoms with Gasteiger partial charge in [0.05, 0.1) is 37.9 Å². The van der Waals surface area contributed by atoms with Crippen LogP contribution >= 0.6 is 73.4 Å². The molecule has 0 bridgehead atoms. The van der Waals surface area contributed by atoms with Crippen molar-refractivity contribution in [1.29, 1.82) is 0 Å². The van der Waals surface area contributed by atoms with Gasteiger partial charge in [-0.3, -0.25) is 0 Å². The first kappa shape index (κ1) is 94.7. The minimum atomic E-state index is -1.24. The van der Waals surface area contributed by atoms with E-state index in [0.717, 1.165) is 105 Å². The Morgan fingerprint density at radius 1 is 0.283 bits per heavy atom. The van der Waals surface area contributed by atoms with Gasteiger partial charge in [0, 0.05) is 39.9 Å². The standard InChI is InChI=1S/C20H15ClN4O3.C20H15ClN4O2S.C20H16N4O3.C20H16N4O2S.C19H12BrClN4O3/c2*1-11-6-5-8-13(10-11)18-22-23-19(28-18)17-15(21)16(20(26)27)24-25(17)14-9-4-3-7-12(14)2;2*1-12-6-5-8-14(10-12)18-21-22-19(27-18)17-11-15(20(25)26)23-24(17)16-9-4-3-7-13(16)2;1-10-5-4-6-11(9-10)17-22-23-18(28-17)16-14(20)15(19(26)27)24-25(16)13-8-3-2-7-12(13)21/h2*3-10H,1-2H3,(H,26,27);2*3-11H,1-2H3,(H,25,26);2-9H,1H3,(H,26,27). The zero-order chi connectivity index (χ0) is 97.4. The van der Waals surface area contributed by atoms with Crippen LogP contribution in [0.25, 0.3) is 140 Å². The number of halogens is 4. The van der Waals surface area contributed by atoms with E-state index in [1.54, 1.807) is 28.9 Å². The summed E-state index contributed by atoms with van der Waals surface area (Å²) < 4.78 is 25.2. The molecule has 688 valence electrons. The van der Waals surface area contributed by atoms with Crippen LogP contribution in [0.3, 0.4) is 0 Å². The van der Waals surface area contributed by atoms with E-state index in [2.05, 4.69) is 92.4 Å². The van der Waals surface area contributed by atoms with E-state index in [0.29, 0.717) is 66.9 Å². The van der Waals surface area contributed by atoms with Crippen LogP contribution < -0.4 is 0 Å². The van der Waals surface area contributed by atoms with Gasteiger partial charge in [-0.15, -0.1) is 51.0 Å². The van der Waals surface area contributed by atoms with Crippen molar-refractivity contribution in [3.05, 3.63) is 353 Å². The van der Waals surface area contributed by atoms with Gasteiger partial charge in [-0.25, -0.2) is 47.4 Å². The normalized spacial score (nSPS) is 10.9. The van der Waals surface area contributed by atoms with Crippen molar-refractivity contribution in [3.8, 4) is 140 Å². The zero-order valence-corrected chi connectivity index (χ0v) is 79.5. The Labute approximate surface area is 815 Å². The second-order valence-electron chi connectivity index (χ2n) is 31.0. The Morgan fingerprint density at radius 3 is 0.993 bits per heavy atom. The Bertz CT molecular complexity index is 7420. The predicted molar refractivity (Wildman–Crippen MR) is 523 cm³/mol. The number of rotatable bonds is 20. The number of aromatic nitrogens is 20. The Balaban J connectivity index is 0.000000125. The molecule has 0 aliphatic carbocycles. The summed E-state index contributed by atoms with van der Waals surface area (Å²) in [6.45, 7) is 17.6. The number of carbonyl (C=O) groups is 5. The highest BCUT2D eigenvalue weighted by Crippen LogP contribution is 2.42. The molecule has 0 radical (unpaired) electrons. The van der Waals surface area contributed by atoms with Crippen LogP contribution in [0.15, 0.2) is 273 Å². The summed E-state index contributed by atoms with van der Waals surface area (Å²) in [6.07, 6.45) is 0. The molecule has 0 fully saturated rings. The van der Waals surface area contributed by atoms with E-state index in [1.807, 2.05) is 281 Å². The molecule has 20 aromatic rings. The largest absolute Gasteiger partial charge is 0.476 e. The van der Waals surface area contributed by atoms with Crippen LogP contribution in [-0.4, -0.2) is 155 Å². The number of carboxylic acid groups (broad SMARTS) is 5. The number of hydrogen-bond donors (Lipinski definition) is 5. The third-order valence-electron chi connectivity index (χ3n) is 20.9. The number of benzene rings is 10. The summed E-state index contributed by atoms with van der Waals surface area (Å²) >= 11 is 25.1. The van der Waals surface area contributed by atoms with E-state index in [1.165, 1.54) is 53.5 Å². The molecule has 0 saturated heterocycles. The molecule has 10 aromatic heterocycles. The quantitative estimate of drug-likeness (QED) is 0.0473. The van der Waals surface area contributed by atoms with Crippen molar-refractivity contribution >= 4 is 103 Å². The molecule has 0 unspecified atom stereocenters. The van der Waals surface area contributed by atoms with Crippen LogP contribution in [0.2, 0.25) is 15.1 Å². The number of carboxylic acids is 5. The number of nitrogens with zero attached hydrogens (tertiary/aromatic N) is 20. The van der Waals surface area contributed by atoms with Crippen LogP contribution in [0, 0.1) is 62.3 Å². The lowest BCUT2D eigenvalue weighted by atomic mass is 10.1. The fourth-order valence-electron chi connectivity index (χ4n) is 14.2. The zero-order valence-electron chi connectivity index (χ0n) is 74.0. The third-order valence-corrected chi connectivity index (χ3v) is 24.7. The van der Waals surface area contributed by atoms with Gasteiger partial charge >= 0.3 is 29.8 Å². The first-order chi connectivity index (χ1) is 66.4. The van der Waals surface area contributed by atoms with Crippen molar-refractivity contribution in [3.63, 3.8) is 0 Å². The molecule has 0 aliphatic rings. The van der Waals surface area contributed by atoms with Gasteiger partial charge in [-0.2, -0.15) is 25.5 Å². The minimum Gasteiger partial charge on any atom is -0.476 e. The van der Waals surface area contributed by atoms with Gasteiger partial charge in [-0.1, -0.05) is 243 Å². The summed E-state index contributed by atoms with van der Waals surface area (Å²) in [6, 6.07) is 79.0. The SMILES string of the molecule is Cc1cccc(-c2nnc(-c3c(Br)c(C(=O)O)nn3-c3ccccc3Cl)o2)c1.Cc1cccc(-c2nnc(-c3c(Cl)c(C(=O)O)nn3-c3ccccc3C)o2)c1.Cc1cccc(-c2nnc(-c3c(Cl)c(C(=O)O)nn3-c3ccccc3C)s2)c1.Cc1cccc(-c2nnc(-c3cc(C(=O)O)nn3-c3ccccc3C)o2)c1.Cc1cccc(-c2nnc(-c3cc(C(=O)O)nn3-c3ccccc3C)s2)c1. The number of aryl methyl sites for hydroxylation is 9. The summed E-state index contributed by atoms with van der Waals surface area (Å²) in [7, 11) is 0. The van der Waals surface area contributed by atoms with Gasteiger partial charge in [0.15, 0.2) is 44.2 Å². The maximum Gasteiger partial charge on any atom is 0.358 e. The lowest BCUT2D eigenvalue weighted by Crippen LogP contribution is -2.03. The molecule has 0 saturated carbocycles. The minimum absolute atomic E-state index is 0.0273. The number of aromatic carboxylic acids is 5. The molecule has 33 nitrogen and oxygen atoms in total. The molecule has 5 N–H and O–H groups in total. The highest BCUT2D eigenvalue weighted by Gasteiger charge is 2.33. The van der Waals surface area contributed by atoms with Crippen molar-refractivity contribution in [2.24, 2.45) is 0 Å². The lowest BCUT2D eigenvalue weighted by Gasteiger charge is -2.08. The molecule has 0 spiro atoms. The fourth-order valence-corrected chi connectivity index (χ4v) is 17.4. The Hall–Kier alpha value is -16.5. The van der Waals surface area contributed by atoms with E-state index in [4.69, 9.17) is 48.1 Å². The number of para-hydroxylation sites is 5. The van der Waals surface area contributed by atoms with E-state index in [-0.39, 0.29) is 66.4 Å². The lowest BCUT2D eigenvalue weighted by molar-refractivity contribution is 0.0678. The predicted octanol–water partition coefficient (Wildman–Crippen LogP) is 22.9. The van der Waals surface area contributed by atoms with Crippen LogP contribution in [0.5, 0.6) is 0 Å². The molecule has 0 aliphatic heterocycles. The van der Waals surface area contributed by atoms with E-state index < -0.39 is 29.8 Å². The highest BCUT2D eigenvalue weighted by molar-refractivity contribution is 9.10. The maximum absolute atomic E-state index is 11.6. The Morgan fingerprint density at radius 2 is 0.587 bits per heavy atom. The summed E-state index contributed by atoms with van der Waals surface area (Å²) in [5, 5.41) is 113. The first-order valence-electron chi connectivity index (χ1n) is 41.7. The third kappa shape index (κ3) is 20.6. The first-order valence-corrected chi connectivity index (χ1v) is 45.2. The van der Waals surface area contributed by atoms with E-state index in [9.17, 15) is 49.5 Å². The molecule has 39 heteroatoms. The molecule has 10 aromatic carbocycles. The fraction of sp³-hybridized carbons (Fsp3) is 0.0909. The van der Waals surface area contributed by atoms with Gasteiger partial charge in [-0.05, 0) is 185 Å². The van der Waals surface area contributed by atoms with Gasteiger partial charge in [0.25, 0.3) is 17.7 Å². The average molecular weight is 2000 g/mol. The Kier molecular flexibility index (Phi) is 28.2. The van der Waals surface area contributed by atoms with Crippen LogP contribution in [0.4, 0.5) is 0 Å². The second-order valence-corrected chi connectivity index (χ2v) is 34.9. The van der Waals surface area contributed by atoms with Crippen molar-refractivity contribution in [2.75, 3.05) is 0 Å². The van der Waals surface area contributed by atoms with Crippen LogP contribution in [0.1, 0.15) is 103 Å². The number of hydrogen-bond acceptors (Lipinski definition) is 25. The van der Waals surface area contributed by atoms with Gasteiger partial charge in [0.2, 0.25) is 17.7 Å². The van der Waals surface area contributed by atoms with E-state index >= 15 is 0 Å². The van der Waals surface area contributed by atoms with Crippen molar-refractivity contribution in [2.45, 2.75) is 62.3 Å².